The smallest absolute Gasteiger partial charge is 0.220 e. The van der Waals surface area contributed by atoms with Crippen LogP contribution in [0.1, 0.15) is 44.2 Å². The summed E-state index contributed by atoms with van der Waals surface area (Å²) < 4.78 is 10.8. The third-order valence-corrected chi connectivity index (χ3v) is 6.62. The Bertz CT molecular complexity index is 991. The highest BCUT2D eigenvalue weighted by Gasteiger charge is 2.40. The second-order valence-corrected chi connectivity index (χ2v) is 9.19. The average Bonchev–Trinajstić information content (AvgIpc) is 3.36. The number of fused-ring (bicyclic) bond motifs is 2. The monoisotopic (exact) mass is 480 g/mol. The van der Waals surface area contributed by atoms with Crippen LogP contribution >= 0.6 is 0 Å². The van der Waals surface area contributed by atoms with Crippen LogP contribution in [0.3, 0.4) is 0 Å². The van der Waals surface area contributed by atoms with Gasteiger partial charge >= 0.3 is 0 Å². The van der Waals surface area contributed by atoms with Gasteiger partial charge in [0, 0.05) is 62.5 Å². The summed E-state index contributed by atoms with van der Waals surface area (Å²) in [6.45, 7) is 4.25. The first kappa shape index (κ1) is 24.9. The molecule has 2 atom stereocenters. The molecule has 1 aromatic heterocycles. The summed E-state index contributed by atoms with van der Waals surface area (Å²) in [4.78, 5) is 12.1. The second-order valence-electron chi connectivity index (χ2n) is 9.19. The van der Waals surface area contributed by atoms with Crippen LogP contribution in [0.2, 0.25) is 0 Å². The van der Waals surface area contributed by atoms with Crippen LogP contribution in [-0.4, -0.2) is 78.4 Å². The zero-order chi connectivity index (χ0) is 24.5. The summed E-state index contributed by atoms with van der Waals surface area (Å²) in [6, 6.07) is 5.60. The largest absolute Gasteiger partial charge is 0.491 e. The van der Waals surface area contributed by atoms with E-state index in [4.69, 9.17) is 24.7 Å². The molecule has 1 aromatic rings. The highest BCUT2D eigenvalue weighted by molar-refractivity contribution is 6.05. The minimum Gasteiger partial charge on any atom is -0.491 e. The molecule has 3 heterocycles. The Labute approximate surface area is 207 Å². The van der Waals surface area contributed by atoms with Crippen molar-refractivity contribution in [2.75, 3.05) is 38.9 Å². The van der Waals surface area contributed by atoms with Gasteiger partial charge in [0.2, 0.25) is 5.96 Å². The van der Waals surface area contributed by atoms with Gasteiger partial charge in [0.25, 0.3) is 0 Å². The maximum Gasteiger partial charge on any atom is 0.220 e. The molecule has 1 aliphatic carbocycles. The molecule has 2 aliphatic heterocycles. The van der Waals surface area contributed by atoms with Crippen molar-refractivity contribution in [2.24, 2.45) is 9.98 Å². The molecule has 35 heavy (non-hydrogen) atoms. The number of hydrogen-bond acceptors (Lipinski definition) is 7. The van der Waals surface area contributed by atoms with Crippen LogP contribution in [-0.2, 0) is 9.47 Å². The molecule has 0 saturated carbocycles. The van der Waals surface area contributed by atoms with Crippen LogP contribution in [0.25, 0.3) is 0 Å². The third kappa shape index (κ3) is 7.16. The number of H-pyrrole nitrogens is 1. The number of aryl methyl sites for hydroxylation is 1. The van der Waals surface area contributed by atoms with Gasteiger partial charge in [-0.2, -0.15) is 10.4 Å². The van der Waals surface area contributed by atoms with Crippen molar-refractivity contribution in [1.82, 2.24) is 20.4 Å². The van der Waals surface area contributed by atoms with Gasteiger partial charge in [0.05, 0.1) is 18.4 Å². The van der Waals surface area contributed by atoms with Gasteiger partial charge < -0.3 is 20.1 Å². The van der Waals surface area contributed by atoms with E-state index in [1.807, 2.05) is 25.1 Å². The molecule has 2 fully saturated rings. The number of nitriles is 1. The van der Waals surface area contributed by atoms with Gasteiger partial charge in [0.1, 0.15) is 24.9 Å². The highest BCUT2D eigenvalue weighted by Crippen LogP contribution is 2.35. The van der Waals surface area contributed by atoms with Crippen molar-refractivity contribution in [3.05, 3.63) is 35.7 Å². The standard InChI is InChI=1S/C25H36N8O2/c1-18-13-24(32-31-18)27-17-28-25(29-19-5-3-6-23(16-19)35-12-11-34-2)30-20-14-21-7-8-22(15-20)33(21)10-4-9-26/h3,6,13,16,20-22H,4-5,7-8,10-12,14-15,17H2,1-2H3,(H,28,30)(H2,27,31,32). The number of ether oxygens (including phenoxy) is 2. The predicted octanol–water partition coefficient (Wildman–Crippen LogP) is 2.89. The number of methoxy groups -OCH3 is 1. The fourth-order valence-corrected chi connectivity index (χ4v) is 5.05. The Balaban J connectivity index is 1.43. The van der Waals surface area contributed by atoms with Crippen molar-refractivity contribution in [2.45, 2.75) is 63.6 Å². The van der Waals surface area contributed by atoms with E-state index in [-0.39, 0.29) is 0 Å². The lowest BCUT2D eigenvalue weighted by Gasteiger charge is -2.39. The van der Waals surface area contributed by atoms with Crippen LogP contribution in [0, 0.1) is 18.3 Å². The number of rotatable bonds is 10. The number of nitrogens with zero attached hydrogens (tertiary/aromatic N) is 5. The molecule has 188 valence electrons. The summed E-state index contributed by atoms with van der Waals surface area (Å²) in [6.07, 6.45) is 11.8. The molecule has 10 heteroatoms. The van der Waals surface area contributed by atoms with Crippen LogP contribution in [0.15, 0.2) is 40.0 Å². The Morgan fingerprint density at radius 3 is 2.86 bits per heavy atom. The molecule has 0 radical (unpaired) electrons. The fourth-order valence-electron chi connectivity index (χ4n) is 5.05. The first-order chi connectivity index (χ1) is 17.1. The van der Waals surface area contributed by atoms with Crippen LogP contribution in [0.4, 0.5) is 5.82 Å². The zero-order valence-corrected chi connectivity index (χ0v) is 20.7. The number of hydrogen-bond donors (Lipinski definition) is 3. The SMILES string of the molecule is COCCOC1=CC(=NC(=NCNc2cc(C)[nH]n2)NC2CC3CCC(C2)N3CCC#N)CC=C1. The summed E-state index contributed by atoms with van der Waals surface area (Å²) >= 11 is 0. The van der Waals surface area contributed by atoms with Gasteiger partial charge in [-0.05, 0) is 38.7 Å². The van der Waals surface area contributed by atoms with Crippen molar-refractivity contribution >= 4 is 17.5 Å². The summed E-state index contributed by atoms with van der Waals surface area (Å²) in [5, 5.41) is 23.0. The van der Waals surface area contributed by atoms with E-state index < -0.39 is 0 Å². The van der Waals surface area contributed by atoms with Crippen molar-refractivity contribution in [1.29, 1.82) is 5.26 Å². The number of aromatic nitrogens is 2. The van der Waals surface area contributed by atoms with Gasteiger partial charge in [-0.3, -0.25) is 10.00 Å². The number of aliphatic imine (C=N–C) groups is 2. The molecule has 2 saturated heterocycles. The molecule has 0 aromatic carbocycles. The van der Waals surface area contributed by atoms with Crippen molar-refractivity contribution in [3.63, 3.8) is 0 Å². The van der Waals surface area contributed by atoms with E-state index in [9.17, 15) is 0 Å². The zero-order valence-electron chi connectivity index (χ0n) is 20.7. The summed E-state index contributed by atoms with van der Waals surface area (Å²) in [7, 11) is 1.66. The predicted molar refractivity (Wildman–Crippen MR) is 136 cm³/mol. The number of guanidine groups is 1. The Kier molecular flexibility index (Phi) is 8.92. The topological polar surface area (TPSA) is 123 Å². The molecule has 10 nitrogen and oxygen atoms in total. The average molecular weight is 481 g/mol. The van der Waals surface area contributed by atoms with Gasteiger partial charge in [0.15, 0.2) is 0 Å². The number of allylic oxidation sites excluding steroid dienone is 3. The van der Waals surface area contributed by atoms with Gasteiger partial charge in [-0.25, -0.2) is 9.98 Å². The minimum absolute atomic E-state index is 0.307. The summed E-state index contributed by atoms with van der Waals surface area (Å²) in [5.74, 6) is 2.16. The lowest BCUT2D eigenvalue weighted by molar-refractivity contribution is 0.114. The maximum atomic E-state index is 9.01. The first-order valence-electron chi connectivity index (χ1n) is 12.4. The van der Waals surface area contributed by atoms with E-state index in [1.165, 1.54) is 12.8 Å². The lowest BCUT2D eigenvalue weighted by Crippen LogP contribution is -2.50. The van der Waals surface area contributed by atoms with Crippen LogP contribution < -0.4 is 10.6 Å². The number of piperidine rings is 1. The third-order valence-electron chi connectivity index (χ3n) is 6.62. The molecule has 2 unspecified atom stereocenters. The maximum absolute atomic E-state index is 9.01. The lowest BCUT2D eigenvalue weighted by atomic mass is 9.97. The Morgan fingerprint density at radius 2 is 2.14 bits per heavy atom. The molecule has 3 aliphatic rings. The van der Waals surface area contributed by atoms with E-state index in [0.29, 0.717) is 50.4 Å². The number of anilines is 1. The fraction of sp³-hybridized carbons (Fsp3) is 0.600. The minimum atomic E-state index is 0.307. The van der Waals surface area contributed by atoms with E-state index in [1.54, 1.807) is 7.11 Å². The molecular formula is C25H36N8O2. The molecule has 0 amide bonds. The van der Waals surface area contributed by atoms with Gasteiger partial charge in [-0.15, -0.1) is 0 Å². The molecule has 0 spiro atoms. The van der Waals surface area contributed by atoms with Crippen molar-refractivity contribution in [3.8, 4) is 6.07 Å². The number of nitrogens with one attached hydrogen (secondary N) is 3. The van der Waals surface area contributed by atoms with Crippen molar-refractivity contribution < 1.29 is 9.47 Å². The molecule has 4 rings (SSSR count). The Hall–Kier alpha value is -3.16. The number of aromatic amines is 1. The quantitative estimate of drug-likeness (QED) is 0.267. The van der Waals surface area contributed by atoms with E-state index in [2.05, 4.69) is 37.9 Å². The second kappa shape index (κ2) is 12.5. The molecule has 2 bridgehead atoms. The normalized spacial score (nSPS) is 25.4. The Morgan fingerprint density at radius 1 is 1.31 bits per heavy atom. The van der Waals surface area contributed by atoms with Gasteiger partial charge in [-0.1, -0.05) is 6.08 Å². The van der Waals surface area contributed by atoms with E-state index in [0.717, 1.165) is 48.8 Å². The molecular weight excluding hydrogens is 444 g/mol. The van der Waals surface area contributed by atoms with Crippen LogP contribution in [0.5, 0.6) is 0 Å². The highest BCUT2D eigenvalue weighted by atomic mass is 16.5. The summed E-state index contributed by atoms with van der Waals surface area (Å²) in [5.41, 5.74) is 1.89. The molecule has 3 N–H and O–H groups in total. The van der Waals surface area contributed by atoms with E-state index >= 15 is 0 Å². The first-order valence-corrected chi connectivity index (χ1v) is 12.4.